The van der Waals surface area contributed by atoms with Crippen LogP contribution in [0.15, 0.2) is 59.6 Å². The summed E-state index contributed by atoms with van der Waals surface area (Å²) in [6, 6.07) is 17.2. The molecule has 5 nitrogen and oxygen atoms in total. The van der Waals surface area contributed by atoms with E-state index in [-0.39, 0.29) is 5.91 Å². The van der Waals surface area contributed by atoms with Crippen molar-refractivity contribution in [2.75, 3.05) is 26.7 Å². The maximum Gasteiger partial charge on any atom is 0.261 e. The second kappa shape index (κ2) is 8.05. The lowest BCUT2D eigenvalue weighted by molar-refractivity contribution is -0.904. The molecule has 0 atom stereocenters. The Hall–Kier alpha value is -2.57. The second-order valence-electron chi connectivity index (χ2n) is 7.59. The number of methoxy groups -OCH3 is 1. The monoisotopic (exact) mass is 408 g/mol. The summed E-state index contributed by atoms with van der Waals surface area (Å²) in [7, 11) is 1.60. The van der Waals surface area contributed by atoms with E-state index in [1.807, 2.05) is 48.5 Å². The molecule has 4 rings (SSSR count). The normalized spacial score (nSPS) is 23.9. The number of hydrogen-bond donors (Lipinski definition) is 1. The van der Waals surface area contributed by atoms with Gasteiger partial charge in [-0.2, -0.15) is 0 Å². The van der Waals surface area contributed by atoms with Crippen LogP contribution in [0.4, 0.5) is 0 Å². The van der Waals surface area contributed by atoms with Crippen molar-refractivity contribution in [1.29, 1.82) is 0 Å². The number of ether oxygens (including phenoxy) is 1. The van der Waals surface area contributed by atoms with E-state index in [2.05, 4.69) is 6.92 Å². The van der Waals surface area contributed by atoms with Crippen LogP contribution in [0, 0.1) is 0 Å². The van der Waals surface area contributed by atoms with Crippen LogP contribution in [0.3, 0.4) is 0 Å². The van der Waals surface area contributed by atoms with Crippen LogP contribution in [-0.4, -0.2) is 53.9 Å². The van der Waals surface area contributed by atoms with Gasteiger partial charge in [0.1, 0.15) is 16.4 Å². The van der Waals surface area contributed by atoms with E-state index < -0.39 is 5.66 Å². The smallest absolute Gasteiger partial charge is 0.261 e. The average Bonchev–Trinajstić information content (AvgIpc) is 3.06. The molecule has 0 bridgehead atoms. The molecular weight excluding hydrogens is 382 g/mol. The van der Waals surface area contributed by atoms with E-state index in [1.54, 1.807) is 23.0 Å². The Labute approximate surface area is 177 Å². The van der Waals surface area contributed by atoms with E-state index in [0.717, 1.165) is 43.8 Å². The summed E-state index contributed by atoms with van der Waals surface area (Å²) in [5, 5.41) is 0. The first-order valence-electron chi connectivity index (χ1n) is 10.1. The van der Waals surface area contributed by atoms with Crippen molar-refractivity contribution in [3.05, 3.63) is 65.7 Å². The molecule has 6 heteroatoms. The van der Waals surface area contributed by atoms with Crippen molar-refractivity contribution >= 4 is 28.8 Å². The Kier molecular flexibility index (Phi) is 5.48. The summed E-state index contributed by atoms with van der Waals surface area (Å²) in [5.74, 6) is 0.549. The number of carbonyl (C=O) groups is 1. The van der Waals surface area contributed by atoms with Gasteiger partial charge in [-0.3, -0.25) is 14.7 Å². The van der Waals surface area contributed by atoms with E-state index in [9.17, 15) is 4.79 Å². The SMILES string of the molecule is CC[NH+]1CCC2(CC1)N=C(c1ccccc1)C(=S)N2C(=O)c1cccc(OC)c1. The lowest BCUT2D eigenvalue weighted by atomic mass is 9.95. The maximum absolute atomic E-state index is 13.6. The molecule has 0 aliphatic carbocycles. The minimum Gasteiger partial charge on any atom is -0.497 e. The van der Waals surface area contributed by atoms with Gasteiger partial charge >= 0.3 is 0 Å². The van der Waals surface area contributed by atoms with Crippen LogP contribution < -0.4 is 9.64 Å². The number of likely N-dealkylation sites (tertiary alicyclic amines) is 1. The molecule has 0 unspecified atom stereocenters. The zero-order chi connectivity index (χ0) is 20.4. The van der Waals surface area contributed by atoms with Gasteiger partial charge in [0.25, 0.3) is 5.91 Å². The van der Waals surface area contributed by atoms with Crippen LogP contribution in [0.1, 0.15) is 35.7 Å². The highest BCUT2D eigenvalue weighted by molar-refractivity contribution is 7.82. The molecule has 1 fully saturated rings. The van der Waals surface area contributed by atoms with Gasteiger partial charge in [-0.25, -0.2) is 0 Å². The largest absolute Gasteiger partial charge is 0.497 e. The number of thiocarbonyl (C=S) groups is 1. The number of carbonyl (C=O) groups excluding carboxylic acids is 1. The molecule has 0 aromatic heterocycles. The van der Waals surface area contributed by atoms with E-state index >= 15 is 0 Å². The number of nitrogens with zero attached hydrogens (tertiary/aromatic N) is 2. The van der Waals surface area contributed by atoms with Crippen LogP contribution in [0.2, 0.25) is 0 Å². The number of rotatable bonds is 4. The summed E-state index contributed by atoms with van der Waals surface area (Å²) >= 11 is 5.83. The molecule has 29 heavy (non-hydrogen) atoms. The highest BCUT2D eigenvalue weighted by Crippen LogP contribution is 2.36. The summed E-state index contributed by atoms with van der Waals surface area (Å²) in [5.41, 5.74) is 1.68. The van der Waals surface area contributed by atoms with Crippen LogP contribution in [0.25, 0.3) is 0 Å². The predicted molar refractivity (Wildman–Crippen MR) is 118 cm³/mol. The lowest BCUT2D eigenvalue weighted by Crippen LogP contribution is -3.13. The Balaban J connectivity index is 1.74. The van der Waals surface area contributed by atoms with Gasteiger partial charge in [-0.15, -0.1) is 0 Å². The fourth-order valence-electron chi connectivity index (χ4n) is 4.24. The molecule has 2 heterocycles. The fraction of sp³-hybridized carbons (Fsp3) is 0.348. The number of piperidine rings is 1. The first kappa shape index (κ1) is 19.7. The zero-order valence-electron chi connectivity index (χ0n) is 16.9. The van der Waals surface area contributed by atoms with Gasteiger partial charge in [0, 0.05) is 24.0 Å². The third-order valence-electron chi connectivity index (χ3n) is 5.97. The van der Waals surface area contributed by atoms with Gasteiger partial charge in [0.15, 0.2) is 5.66 Å². The van der Waals surface area contributed by atoms with Gasteiger partial charge in [-0.1, -0.05) is 48.6 Å². The number of hydrogen-bond acceptors (Lipinski definition) is 4. The molecular formula is C23H26N3O2S+. The maximum atomic E-state index is 13.6. The minimum atomic E-state index is -0.596. The van der Waals surface area contributed by atoms with Crippen molar-refractivity contribution in [2.45, 2.75) is 25.4 Å². The first-order chi connectivity index (χ1) is 14.1. The lowest BCUT2D eigenvalue weighted by Gasteiger charge is -2.40. The molecule has 0 radical (unpaired) electrons. The molecule has 1 N–H and O–H groups in total. The Morgan fingerprint density at radius 3 is 2.55 bits per heavy atom. The summed E-state index contributed by atoms with van der Waals surface area (Å²) in [6.45, 7) is 5.24. The topological polar surface area (TPSA) is 46.3 Å². The number of benzene rings is 2. The van der Waals surface area contributed by atoms with E-state index in [4.69, 9.17) is 21.9 Å². The molecule has 1 amide bonds. The summed E-state index contributed by atoms with van der Waals surface area (Å²) in [6.07, 6.45) is 1.62. The molecule has 150 valence electrons. The molecule has 1 saturated heterocycles. The number of amides is 1. The standard InChI is InChI=1S/C23H25N3O2S/c1-3-25-14-12-23(13-15-25)24-20(17-8-5-4-6-9-17)22(29)26(23)21(27)18-10-7-11-19(16-18)28-2/h4-11,16H,3,12-15H2,1-2H3/p+1. The highest BCUT2D eigenvalue weighted by Gasteiger charge is 2.51. The van der Waals surface area contributed by atoms with Crippen LogP contribution in [0.5, 0.6) is 5.75 Å². The van der Waals surface area contributed by atoms with Gasteiger partial charge in [0.2, 0.25) is 0 Å². The Morgan fingerprint density at radius 2 is 1.90 bits per heavy atom. The minimum absolute atomic E-state index is 0.108. The van der Waals surface area contributed by atoms with Crippen molar-refractivity contribution in [3.63, 3.8) is 0 Å². The van der Waals surface area contributed by atoms with Crippen molar-refractivity contribution in [1.82, 2.24) is 4.90 Å². The van der Waals surface area contributed by atoms with Gasteiger partial charge in [-0.05, 0) is 25.1 Å². The Morgan fingerprint density at radius 1 is 1.17 bits per heavy atom. The average molecular weight is 409 g/mol. The summed E-state index contributed by atoms with van der Waals surface area (Å²) < 4.78 is 5.31. The first-order valence-corrected chi connectivity index (χ1v) is 10.5. The third-order valence-corrected chi connectivity index (χ3v) is 6.34. The van der Waals surface area contributed by atoms with Crippen molar-refractivity contribution in [2.24, 2.45) is 4.99 Å². The number of nitrogens with one attached hydrogen (secondary N) is 1. The van der Waals surface area contributed by atoms with E-state index in [1.165, 1.54) is 0 Å². The Bertz CT molecular complexity index is 950. The quantitative estimate of drug-likeness (QED) is 0.790. The summed E-state index contributed by atoms with van der Waals surface area (Å²) in [4.78, 5) is 22.6. The van der Waals surface area contributed by atoms with Crippen molar-refractivity contribution in [3.8, 4) is 5.75 Å². The molecule has 2 aromatic carbocycles. The fourth-order valence-corrected chi connectivity index (χ4v) is 4.66. The number of aliphatic imine (C=N–C) groups is 1. The van der Waals surface area contributed by atoms with Gasteiger partial charge in [0.05, 0.1) is 26.7 Å². The van der Waals surface area contributed by atoms with E-state index in [0.29, 0.717) is 16.3 Å². The molecule has 2 aliphatic heterocycles. The highest BCUT2D eigenvalue weighted by atomic mass is 32.1. The molecule has 0 saturated carbocycles. The second-order valence-corrected chi connectivity index (χ2v) is 7.98. The predicted octanol–water partition coefficient (Wildman–Crippen LogP) is 2.36. The molecule has 2 aliphatic rings. The molecule has 1 spiro atoms. The zero-order valence-corrected chi connectivity index (χ0v) is 17.7. The number of quaternary nitrogens is 1. The van der Waals surface area contributed by atoms with Crippen LogP contribution >= 0.6 is 12.2 Å². The molecule has 2 aromatic rings. The van der Waals surface area contributed by atoms with Gasteiger partial charge < -0.3 is 9.64 Å². The van der Waals surface area contributed by atoms with Crippen LogP contribution in [-0.2, 0) is 0 Å². The van der Waals surface area contributed by atoms with Crippen molar-refractivity contribution < 1.29 is 14.4 Å². The third kappa shape index (κ3) is 3.58.